The lowest BCUT2D eigenvalue weighted by molar-refractivity contribution is -0.139. The number of nitrogens with one attached hydrogen (secondary N) is 2. The molecule has 1 atom stereocenters. The normalized spacial score (nSPS) is 22.1. The minimum Gasteiger partial charge on any atom is -0.480 e. The number of rotatable bonds is 7. The predicted molar refractivity (Wildman–Crippen MR) is 64.1 cm³/mol. The van der Waals surface area contributed by atoms with Crippen LogP contribution < -0.4 is 10.6 Å². The molecule has 2 rings (SSSR count). The highest BCUT2D eigenvalue weighted by atomic mass is 16.4. The molecule has 6 heteroatoms. The highest BCUT2D eigenvalue weighted by molar-refractivity contribution is 5.82. The van der Waals surface area contributed by atoms with E-state index in [0.717, 1.165) is 18.8 Å². The molecule has 0 bridgehead atoms. The van der Waals surface area contributed by atoms with Gasteiger partial charge in [-0.05, 0) is 37.0 Å². The Labute approximate surface area is 106 Å². The molecule has 0 aliphatic heterocycles. The smallest absolute Gasteiger partial charge is 0.326 e. The van der Waals surface area contributed by atoms with Gasteiger partial charge < -0.3 is 20.8 Å². The molecule has 0 heterocycles. The number of aliphatic hydroxyl groups is 1. The molecule has 0 aromatic heterocycles. The summed E-state index contributed by atoms with van der Waals surface area (Å²) >= 11 is 0. The van der Waals surface area contributed by atoms with Crippen LogP contribution in [-0.2, 0) is 4.79 Å². The molecule has 0 unspecified atom stereocenters. The first-order valence-electron chi connectivity index (χ1n) is 6.45. The molecule has 0 aromatic carbocycles. The van der Waals surface area contributed by atoms with E-state index in [1.807, 2.05) is 0 Å². The highest BCUT2D eigenvalue weighted by Gasteiger charge is 2.53. The molecular formula is C12H20N2O4. The molecular weight excluding hydrogens is 236 g/mol. The summed E-state index contributed by atoms with van der Waals surface area (Å²) in [5, 5.41) is 22.7. The van der Waals surface area contributed by atoms with E-state index in [9.17, 15) is 9.59 Å². The number of amides is 2. The molecule has 0 saturated heterocycles. The largest absolute Gasteiger partial charge is 0.480 e. The molecule has 2 saturated carbocycles. The molecule has 0 spiro atoms. The van der Waals surface area contributed by atoms with Gasteiger partial charge in [-0.25, -0.2) is 9.59 Å². The summed E-state index contributed by atoms with van der Waals surface area (Å²) in [5.41, 5.74) is 0.299. The van der Waals surface area contributed by atoms with Crippen molar-refractivity contribution in [2.75, 3.05) is 13.2 Å². The SMILES string of the molecule is O=C(NCC1(C2CC2)CC1)N[C@@H](CCO)C(=O)O. The van der Waals surface area contributed by atoms with Crippen molar-refractivity contribution in [3.63, 3.8) is 0 Å². The zero-order valence-corrected chi connectivity index (χ0v) is 10.3. The Balaban J connectivity index is 1.72. The Morgan fingerprint density at radius 1 is 1.33 bits per heavy atom. The second-order valence-electron chi connectivity index (χ2n) is 5.37. The second-order valence-corrected chi connectivity index (χ2v) is 5.37. The van der Waals surface area contributed by atoms with Gasteiger partial charge in [-0.3, -0.25) is 0 Å². The lowest BCUT2D eigenvalue weighted by atomic mass is 10.0. The highest BCUT2D eigenvalue weighted by Crippen LogP contribution is 2.60. The number of urea groups is 1. The van der Waals surface area contributed by atoms with Crippen molar-refractivity contribution in [2.45, 2.75) is 38.1 Å². The van der Waals surface area contributed by atoms with E-state index < -0.39 is 18.0 Å². The van der Waals surface area contributed by atoms with Crippen molar-refractivity contribution in [1.82, 2.24) is 10.6 Å². The van der Waals surface area contributed by atoms with Crippen LogP contribution in [0.3, 0.4) is 0 Å². The quantitative estimate of drug-likeness (QED) is 0.527. The number of aliphatic hydroxyl groups excluding tert-OH is 1. The maximum atomic E-state index is 11.6. The van der Waals surface area contributed by atoms with Crippen LogP contribution in [0.2, 0.25) is 0 Å². The molecule has 2 amide bonds. The minimum absolute atomic E-state index is 0.0243. The number of carbonyl (C=O) groups excluding carboxylic acids is 1. The maximum absolute atomic E-state index is 11.6. The van der Waals surface area contributed by atoms with Crippen molar-refractivity contribution in [1.29, 1.82) is 0 Å². The van der Waals surface area contributed by atoms with Gasteiger partial charge in [0, 0.05) is 19.6 Å². The van der Waals surface area contributed by atoms with Crippen LogP contribution >= 0.6 is 0 Å². The van der Waals surface area contributed by atoms with Gasteiger partial charge in [0.25, 0.3) is 0 Å². The number of aliphatic carboxylic acids is 1. The number of hydrogen-bond donors (Lipinski definition) is 4. The second kappa shape index (κ2) is 5.14. The molecule has 2 aliphatic carbocycles. The summed E-state index contributed by atoms with van der Waals surface area (Å²) in [7, 11) is 0. The molecule has 4 N–H and O–H groups in total. The van der Waals surface area contributed by atoms with Crippen molar-refractivity contribution < 1.29 is 19.8 Å². The third-order valence-electron chi connectivity index (χ3n) is 3.96. The van der Waals surface area contributed by atoms with Gasteiger partial charge in [-0.1, -0.05) is 0 Å². The number of carboxylic acid groups (broad SMARTS) is 1. The van der Waals surface area contributed by atoms with E-state index >= 15 is 0 Å². The topological polar surface area (TPSA) is 98.7 Å². The standard InChI is InChI=1S/C12H20N2O4/c15-6-3-9(10(16)17)14-11(18)13-7-12(4-5-12)8-1-2-8/h8-9,15H,1-7H2,(H,16,17)(H2,13,14,18)/t9-/m0/s1. The van der Waals surface area contributed by atoms with E-state index in [0.29, 0.717) is 12.0 Å². The summed E-state index contributed by atoms with van der Waals surface area (Å²) < 4.78 is 0. The van der Waals surface area contributed by atoms with E-state index in [4.69, 9.17) is 10.2 Å². The van der Waals surface area contributed by atoms with Gasteiger partial charge in [0.05, 0.1) is 0 Å². The Bertz CT molecular complexity index is 337. The van der Waals surface area contributed by atoms with Crippen molar-refractivity contribution in [2.24, 2.45) is 11.3 Å². The average molecular weight is 256 g/mol. The summed E-state index contributed by atoms with van der Waals surface area (Å²) in [6, 6.07) is -1.48. The van der Waals surface area contributed by atoms with Crippen LogP contribution in [0.4, 0.5) is 4.79 Å². The third-order valence-corrected chi connectivity index (χ3v) is 3.96. The maximum Gasteiger partial charge on any atom is 0.326 e. The molecule has 2 aliphatic rings. The lowest BCUT2D eigenvalue weighted by Gasteiger charge is -2.18. The van der Waals surface area contributed by atoms with Crippen molar-refractivity contribution in [3.05, 3.63) is 0 Å². The van der Waals surface area contributed by atoms with E-state index in [2.05, 4.69) is 10.6 Å². The van der Waals surface area contributed by atoms with Crippen LogP contribution in [0.15, 0.2) is 0 Å². The van der Waals surface area contributed by atoms with Gasteiger partial charge in [0.15, 0.2) is 0 Å². The summed E-state index contributed by atoms with van der Waals surface area (Å²) in [4.78, 5) is 22.4. The zero-order chi connectivity index (χ0) is 13.2. The van der Waals surface area contributed by atoms with Crippen LogP contribution in [-0.4, -0.2) is 41.4 Å². The van der Waals surface area contributed by atoms with E-state index in [1.54, 1.807) is 0 Å². The van der Waals surface area contributed by atoms with Crippen LogP contribution in [0, 0.1) is 11.3 Å². The van der Waals surface area contributed by atoms with E-state index in [1.165, 1.54) is 12.8 Å². The molecule has 18 heavy (non-hydrogen) atoms. The molecule has 2 fully saturated rings. The van der Waals surface area contributed by atoms with Crippen molar-refractivity contribution in [3.8, 4) is 0 Å². The first-order chi connectivity index (χ1) is 8.57. The lowest BCUT2D eigenvalue weighted by Crippen LogP contribution is -2.47. The van der Waals surface area contributed by atoms with Crippen LogP contribution in [0.25, 0.3) is 0 Å². The first-order valence-corrected chi connectivity index (χ1v) is 6.45. The fraction of sp³-hybridized carbons (Fsp3) is 0.833. The van der Waals surface area contributed by atoms with Crippen LogP contribution in [0.5, 0.6) is 0 Å². The van der Waals surface area contributed by atoms with Gasteiger partial charge in [0.2, 0.25) is 0 Å². The van der Waals surface area contributed by atoms with Gasteiger partial charge in [-0.2, -0.15) is 0 Å². The number of hydrogen-bond acceptors (Lipinski definition) is 3. The molecule has 6 nitrogen and oxygen atoms in total. The van der Waals surface area contributed by atoms with Gasteiger partial charge in [-0.15, -0.1) is 0 Å². The summed E-state index contributed by atoms with van der Waals surface area (Å²) in [5.74, 6) is -0.368. The third kappa shape index (κ3) is 3.13. The Morgan fingerprint density at radius 2 is 2.00 bits per heavy atom. The summed E-state index contributed by atoms with van der Waals surface area (Å²) in [6.07, 6.45) is 4.86. The monoisotopic (exact) mass is 256 g/mol. The molecule has 0 radical (unpaired) electrons. The van der Waals surface area contributed by atoms with Crippen LogP contribution in [0.1, 0.15) is 32.1 Å². The Hall–Kier alpha value is -1.30. The first kappa shape index (κ1) is 13.1. The predicted octanol–water partition coefficient (Wildman–Crippen LogP) is 0.311. The zero-order valence-electron chi connectivity index (χ0n) is 10.3. The number of carbonyl (C=O) groups is 2. The fourth-order valence-electron chi connectivity index (χ4n) is 2.44. The fourth-order valence-corrected chi connectivity index (χ4v) is 2.44. The Kier molecular flexibility index (Phi) is 3.75. The molecule has 0 aromatic rings. The average Bonchev–Trinajstić information content (AvgIpc) is 3.15. The minimum atomic E-state index is -1.12. The van der Waals surface area contributed by atoms with Gasteiger partial charge in [0.1, 0.15) is 6.04 Å². The summed E-state index contributed by atoms with van der Waals surface area (Å²) in [6.45, 7) is 0.373. The molecule has 102 valence electrons. The van der Waals surface area contributed by atoms with Gasteiger partial charge >= 0.3 is 12.0 Å². The number of carboxylic acids is 1. The van der Waals surface area contributed by atoms with E-state index in [-0.39, 0.29) is 13.0 Å². The van der Waals surface area contributed by atoms with Crippen molar-refractivity contribution >= 4 is 12.0 Å². The Morgan fingerprint density at radius 3 is 2.44 bits per heavy atom.